The molecule has 6 heteroatoms. The molecular formula is C42H28N6. The molecule has 0 radical (unpaired) electrons. The van der Waals surface area contributed by atoms with Gasteiger partial charge in [-0.1, -0.05) is 120 Å². The summed E-state index contributed by atoms with van der Waals surface area (Å²) in [5.41, 5.74) is 10.7. The Kier molecular flexibility index (Phi) is 5.61. The van der Waals surface area contributed by atoms with E-state index in [1.807, 2.05) is 0 Å². The fourth-order valence-corrected chi connectivity index (χ4v) is 7.22. The van der Waals surface area contributed by atoms with Gasteiger partial charge in [0.25, 0.3) is 0 Å². The average Bonchev–Trinajstić information content (AvgIpc) is 3.79. The Morgan fingerprint density at radius 2 is 0.729 bits per heavy atom. The molecule has 0 unspecified atom stereocenters. The summed E-state index contributed by atoms with van der Waals surface area (Å²) >= 11 is 0. The van der Waals surface area contributed by atoms with Crippen LogP contribution in [0, 0.1) is 13.8 Å². The van der Waals surface area contributed by atoms with Gasteiger partial charge in [-0.15, -0.1) is 20.4 Å². The molecule has 0 fully saturated rings. The van der Waals surface area contributed by atoms with Gasteiger partial charge in [-0.3, -0.25) is 8.80 Å². The van der Waals surface area contributed by atoms with Crippen LogP contribution in [0.1, 0.15) is 11.1 Å². The molecule has 0 aliphatic heterocycles. The van der Waals surface area contributed by atoms with E-state index in [-0.39, 0.29) is 0 Å². The summed E-state index contributed by atoms with van der Waals surface area (Å²) < 4.78 is 4.40. The fourth-order valence-electron chi connectivity index (χ4n) is 7.22. The van der Waals surface area contributed by atoms with Crippen molar-refractivity contribution in [2.24, 2.45) is 0 Å². The third-order valence-electron chi connectivity index (χ3n) is 9.67. The first kappa shape index (κ1) is 26.8. The lowest BCUT2D eigenvalue weighted by Gasteiger charge is -2.14. The first-order valence-electron chi connectivity index (χ1n) is 16.2. The highest BCUT2D eigenvalue weighted by atomic mass is 15.3. The summed E-state index contributed by atoms with van der Waals surface area (Å²) in [5.74, 6) is 1.65. The molecule has 10 aromatic rings. The van der Waals surface area contributed by atoms with Gasteiger partial charge in [-0.2, -0.15) is 0 Å². The minimum Gasteiger partial charge on any atom is -0.274 e. The molecule has 226 valence electrons. The third kappa shape index (κ3) is 3.86. The standard InChI is InChI=1S/C42H28N6/c1-25-11-15-27(16-12-25)28-19-21-30(22-20-28)40-44-46-42-36-24-33-31-7-3-5-9-37(31)47-39(29-17-13-26(2)14-18-29)43-45-41(47)35(33)23-34(36)32-8-4-6-10-38(32)48(40)42/h3-24H,1-2H3. The Morgan fingerprint density at radius 1 is 0.354 bits per heavy atom. The maximum absolute atomic E-state index is 4.84. The molecule has 4 heterocycles. The highest BCUT2D eigenvalue weighted by molar-refractivity contribution is 6.22. The van der Waals surface area contributed by atoms with Crippen molar-refractivity contribution in [1.82, 2.24) is 29.2 Å². The summed E-state index contributed by atoms with van der Waals surface area (Å²) in [7, 11) is 0. The minimum atomic E-state index is 0.819. The zero-order valence-corrected chi connectivity index (χ0v) is 26.4. The van der Waals surface area contributed by atoms with Gasteiger partial charge in [-0.05, 0) is 60.0 Å². The maximum Gasteiger partial charge on any atom is 0.169 e. The highest BCUT2D eigenvalue weighted by Gasteiger charge is 2.20. The molecule has 0 aliphatic rings. The van der Waals surface area contributed by atoms with Crippen LogP contribution >= 0.6 is 0 Å². The van der Waals surface area contributed by atoms with E-state index in [0.29, 0.717) is 0 Å². The Labute approximate surface area is 275 Å². The molecule has 0 spiro atoms. The fraction of sp³-hybridized carbons (Fsp3) is 0.0476. The quantitative estimate of drug-likeness (QED) is 0.146. The SMILES string of the molecule is Cc1ccc(-c2ccc(-c3nnc4c5cc6c7ccccc7n7c(-c8ccc(C)cc8)nnc7c6cc5c5ccccc5n34)cc2)cc1. The number of rotatable bonds is 3. The van der Waals surface area contributed by atoms with Crippen molar-refractivity contribution in [2.45, 2.75) is 13.8 Å². The molecule has 0 N–H and O–H groups in total. The second kappa shape index (κ2) is 10.0. The number of aromatic nitrogens is 6. The molecule has 0 bridgehead atoms. The van der Waals surface area contributed by atoms with E-state index in [1.54, 1.807) is 0 Å². The minimum absolute atomic E-state index is 0.819. The monoisotopic (exact) mass is 616 g/mol. The molecule has 0 amide bonds. The molecule has 0 saturated heterocycles. The maximum atomic E-state index is 4.84. The van der Waals surface area contributed by atoms with Crippen LogP contribution in [-0.4, -0.2) is 29.2 Å². The van der Waals surface area contributed by atoms with Crippen LogP contribution in [0.4, 0.5) is 0 Å². The number of fused-ring (bicyclic) bond motifs is 12. The number of para-hydroxylation sites is 2. The Hall–Kier alpha value is -6.40. The van der Waals surface area contributed by atoms with Crippen molar-refractivity contribution in [1.29, 1.82) is 0 Å². The van der Waals surface area contributed by atoms with Crippen LogP contribution in [-0.2, 0) is 0 Å². The first-order chi connectivity index (χ1) is 23.6. The van der Waals surface area contributed by atoms with E-state index in [0.717, 1.165) is 77.4 Å². The van der Waals surface area contributed by atoms with Gasteiger partial charge >= 0.3 is 0 Å². The molecule has 0 saturated carbocycles. The van der Waals surface area contributed by atoms with E-state index in [4.69, 9.17) is 20.4 Å². The molecule has 10 rings (SSSR count). The summed E-state index contributed by atoms with van der Waals surface area (Å²) in [6, 6.07) is 47.3. The van der Waals surface area contributed by atoms with Crippen molar-refractivity contribution in [3.63, 3.8) is 0 Å². The number of hydrogen-bond acceptors (Lipinski definition) is 4. The Bertz CT molecular complexity index is 2880. The van der Waals surface area contributed by atoms with Crippen molar-refractivity contribution in [3.8, 4) is 33.9 Å². The molecular weight excluding hydrogens is 589 g/mol. The van der Waals surface area contributed by atoms with Gasteiger partial charge < -0.3 is 0 Å². The number of aryl methyl sites for hydroxylation is 2. The lowest BCUT2D eigenvalue weighted by molar-refractivity contribution is 1.12. The molecule has 6 aromatic carbocycles. The van der Waals surface area contributed by atoms with Gasteiger partial charge in [0.05, 0.1) is 11.0 Å². The summed E-state index contributed by atoms with van der Waals surface area (Å²) in [6.45, 7) is 4.21. The van der Waals surface area contributed by atoms with Gasteiger partial charge in [0.2, 0.25) is 0 Å². The number of nitrogens with zero attached hydrogens (tertiary/aromatic N) is 6. The van der Waals surface area contributed by atoms with Crippen molar-refractivity contribution in [3.05, 3.63) is 145 Å². The molecule has 48 heavy (non-hydrogen) atoms. The number of hydrogen-bond donors (Lipinski definition) is 0. The van der Waals surface area contributed by atoms with Crippen LogP contribution in [0.3, 0.4) is 0 Å². The second-order valence-electron chi connectivity index (χ2n) is 12.7. The second-order valence-corrected chi connectivity index (χ2v) is 12.7. The highest BCUT2D eigenvalue weighted by Crippen LogP contribution is 2.39. The normalized spacial score (nSPS) is 12.0. The Balaban J connectivity index is 1.25. The smallest absolute Gasteiger partial charge is 0.169 e. The number of benzene rings is 6. The summed E-state index contributed by atoms with van der Waals surface area (Å²) in [4.78, 5) is 0. The zero-order chi connectivity index (χ0) is 31.9. The molecule has 0 aliphatic carbocycles. The van der Waals surface area contributed by atoms with Gasteiger partial charge in [0.1, 0.15) is 0 Å². The third-order valence-corrected chi connectivity index (χ3v) is 9.67. The lowest BCUT2D eigenvalue weighted by atomic mass is 9.98. The topological polar surface area (TPSA) is 60.4 Å². The molecule has 4 aromatic heterocycles. The van der Waals surface area contributed by atoms with E-state index < -0.39 is 0 Å². The van der Waals surface area contributed by atoms with Gasteiger partial charge in [-0.25, -0.2) is 0 Å². The lowest BCUT2D eigenvalue weighted by Crippen LogP contribution is -1.97. The van der Waals surface area contributed by atoms with Crippen LogP contribution < -0.4 is 0 Å². The van der Waals surface area contributed by atoms with Crippen LogP contribution in [0.15, 0.2) is 133 Å². The predicted octanol–water partition coefficient (Wildman–Crippen LogP) is 10.0. The van der Waals surface area contributed by atoms with E-state index in [9.17, 15) is 0 Å². The zero-order valence-electron chi connectivity index (χ0n) is 26.4. The van der Waals surface area contributed by atoms with Crippen LogP contribution in [0.2, 0.25) is 0 Å². The molecule has 0 atom stereocenters. The Morgan fingerprint density at radius 3 is 1.19 bits per heavy atom. The largest absolute Gasteiger partial charge is 0.274 e. The van der Waals surface area contributed by atoms with Crippen molar-refractivity contribution >= 4 is 54.6 Å². The van der Waals surface area contributed by atoms with E-state index in [1.165, 1.54) is 22.3 Å². The van der Waals surface area contributed by atoms with E-state index >= 15 is 0 Å². The summed E-state index contributed by atoms with van der Waals surface area (Å²) in [6.07, 6.45) is 0. The summed E-state index contributed by atoms with van der Waals surface area (Å²) in [5, 5.41) is 25.8. The van der Waals surface area contributed by atoms with Gasteiger partial charge in [0, 0.05) is 32.7 Å². The first-order valence-corrected chi connectivity index (χ1v) is 16.2. The van der Waals surface area contributed by atoms with Crippen molar-refractivity contribution in [2.75, 3.05) is 0 Å². The van der Waals surface area contributed by atoms with Crippen molar-refractivity contribution < 1.29 is 0 Å². The molecule has 6 nitrogen and oxygen atoms in total. The van der Waals surface area contributed by atoms with Crippen LogP contribution in [0.25, 0.3) is 88.5 Å². The predicted molar refractivity (Wildman–Crippen MR) is 195 cm³/mol. The van der Waals surface area contributed by atoms with E-state index in [2.05, 4.69) is 156 Å². The van der Waals surface area contributed by atoms with Gasteiger partial charge in [0.15, 0.2) is 22.9 Å². The number of pyridine rings is 2. The average molecular weight is 617 g/mol. The van der Waals surface area contributed by atoms with Crippen LogP contribution in [0.5, 0.6) is 0 Å².